The Morgan fingerprint density at radius 3 is 2.43 bits per heavy atom. The van der Waals surface area contributed by atoms with Crippen LogP contribution in [0.3, 0.4) is 0 Å². The molecule has 0 aliphatic heterocycles. The van der Waals surface area contributed by atoms with Crippen LogP contribution in [0, 0.1) is 13.8 Å². The minimum absolute atomic E-state index is 0.293. The van der Waals surface area contributed by atoms with Crippen LogP contribution in [0.1, 0.15) is 59.0 Å². The number of rotatable bonds is 4. The van der Waals surface area contributed by atoms with Gasteiger partial charge in [0, 0.05) is 0 Å². The molecule has 0 amide bonds. The van der Waals surface area contributed by atoms with E-state index in [-0.39, 0.29) is 0 Å². The number of benzene rings is 2. The van der Waals surface area contributed by atoms with Crippen LogP contribution in [0.2, 0.25) is 0 Å². The van der Waals surface area contributed by atoms with Crippen molar-refractivity contribution < 1.29 is 0 Å². The first-order chi connectivity index (χ1) is 10.2. The predicted molar refractivity (Wildman–Crippen MR) is 89.9 cm³/mol. The van der Waals surface area contributed by atoms with Gasteiger partial charge in [-0.25, -0.2) is 0 Å². The number of nitrogens with one attached hydrogen (secondary N) is 1. The van der Waals surface area contributed by atoms with E-state index in [9.17, 15) is 0 Å². The Morgan fingerprint density at radius 1 is 1.00 bits per heavy atom. The lowest BCUT2D eigenvalue weighted by Crippen LogP contribution is -2.22. The van der Waals surface area contributed by atoms with Crippen LogP contribution in [0.5, 0.6) is 0 Å². The molecule has 0 spiro atoms. The predicted octanol–water partition coefficient (Wildman–Crippen LogP) is 4.88. The molecule has 2 aromatic carbocycles. The summed E-state index contributed by atoms with van der Waals surface area (Å²) in [6.07, 6.45) is 4.08. The molecular formula is C20H25N. The maximum Gasteiger partial charge on any atom is 0.0579 e. The highest BCUT2D eigenvalue weighted by Crippen LogP contribution is 2.40. The van der Waals surface area contributed by atoms with Gasteiger partial charge in [-0.3, -0.25) is 0 Å². The van der Waals surface area contributed by atoms with Gasteiger partial charge in [-0.1, -0.05) is 54.4 Å². The minimum atomic E-state index is 0.293. The van der Waals surface area contributed by atoms with Crippen molar-refractivity contribution in [1.82, 2.24) is 5.32 Å². The highest BCUT2D eigenvalue weighted by molar-refractivity contribution is 5.43. The monoisotopic (exact) mass is 279 g/mol. The van der Waals surface area contributed by atoms with Gasteiger partial charge in [0.05, 0.1) is 6.04 Å². The van der Waals surface area contributed by atoms with Gasteiger partial charge in [0.25, 0.3) is 0 Å². The molecule has 21 heavy (non-hydrogen) atoms. The van der Waals surface area contributed by atoms with E-state index in [1.165, 1.54) is 41.5 Å². The summed E-state index contributed by atoms with van der Waals surface area (Å²) >= 11 is 0. The van der Waals surface area contributed by atoms with E-state index in [2.05, 4.69) is 68.7 Å². The molecule has 1 unspecified atom stereocenters. The fourth-order valence-corrected chi connectivity index (χ4v) is 3.41. The van der Waals surface area contributed by atoms with Gasteiger partial charge >= 0.3 is 0 Å². The van der Waals surface area contributed by atoms with E-state index in [0.29, 0.717) is 6.04 Å². The van der Waals surface area contributed by atoms with Crippen LogP contribution in [0.4, 0.5) is 0 Å². The second-order valence-electron chi connectivity index (χ2n) is 6.34. The Kier molecular flexibility index (Phi) is 4.12. The topological polar surface area (TPSA) is 12.0 Å². The van der Waals surface area contributed by atoms with Crippen molar-refractivity contribution in [2.75, 3.05) is 7.05 Å². The molecule has 1 fully saturated rings. The Hall–Kier alpha value is -1.60. The zero-order valence-electron chi connectivity index (χ0n) is 13.3. The van der Waals surface area contributed by atoms with E-state index in [1.54, 1.807) is 5.56 Å². The van der Waals surface area contributed by atoms with Gasteiger partial charge in [-0.05, 0) is 61.9 Å². The second kappa shape index (κ2) is 6.03. The lowest BCUT2D eigenvalue weighted by molar-refractivity contribution is 0.415. The molecule has 0 saturated heterocycles. The Labute approximate surface area is 128 Å². The molecule has 3 rings (SSSR count). The summed E-state index contributed by atoms with van der Waals surface area (Å²) in [6, 6.07) is 16.0. The minimum Gasteiger partial charge on any atom is -0.309 e. The zero-order valence-corrected chi connectivity index (χ0v) is 13.3. The van der Waals surface area contributed by atoms with Crippen LogP contribution in [-0.4, -0.2) is 7.05 Å². The van der Waals surface area contributed by atoms with Crippen LogP contribution in [-0.2, 0) is 0 Å². The van der Waals surface area contributed by atoms with E-state index in [4.69, 9.17) is 0 Å². The van der Waals surface area contributed by atoms with Crippen LogP contribution in [0.15, 0.2) is 42.5 Å². The number of hydrogen-bond donors (Lipinski definition) is 1. The lowest BCUT2D eigenvalue weighted by Gasteiger charge is -2.31. The molecule has 1 N–H and O–H groups in total. The van der Waals surface area contributed by atoms with Crippen molar-refractivity contribution in [3.05, 3.63) is 70.3 Å². The first-order valence-electron chi connectivity index (χ1n) is 8.04. The Bertz CT molecular complexity index is 625. The second-order valence-corrected chi connectivity index (χ2v) is 6.34. The van der Waals surface area contributed by atoms with Crippen molar-refractivity contribution in [3.8, 4) is 0 Å². The van der Waals surface area contributed by atoms with Gasteiger partial charge in [-0.2, -0.15) is 0 Å². The molecule has 1 saturated carbocycles. The van der Waals surface area contributed by atoms with Gasteiger partial charge in [0.1, 0.15) is 0 Å². The fourth-order valence-electron chi connectivity index (χ4n) is 3.41. The van der Waals surface area contributed by atoms with E-state index < -0.39 is 0 Å². The molecule has 110 valence electrons. The molecule has 1 aliphatic rings. The van der Waals surface area contributed by atoms with Gasteiger partial charge in [-0.15, -0.1) is 0 Å². The third kappa shape index (κ3) is 2.75. The van der Waals surface area contributed by atoms with Crippen LogP contribution >= 0.6 is 0 Å². The van der Waals surface area contributed by atoms with Gasteiger partial charge in [0.15, 0.2) is 0 Å². The molecule has 0 aromatic heterocycles. The van der Waals surface area contributed by atoms with Crippen LogP contribution < -0.4 is 5.32 Å². The Balaban J connectivity index is 2.06. The highest BCUT2D eigenvalue weighted by atomic mass is 14.9. The fraction of sp³-hybridized carbons (Fsp3) is 0.400. The first kappa shape index (κ1) is 14.3. The molecule has 1 aliphatic carbocycles. The largest absolute Gasteiger partial charge is 0.309 e. The third-order valence-electron chi connectivity index (χ3n) is 4.89. The summed E-state index contributed by atoms with van der Waals surface area (Å²) in [5.41, 5.74) is 7.10. The highest BCUT2D eigenvalue weighted by Gasteiger charge is 2.25. The van der Waals surface area contributed by atoms with Crippen LogP contribution in [0.25, 0.3) is 0 Å². The summed E-state index contributed by atoms with van der Waals surface area (Å²) in [5, 5.41) is 3.55. The summed E-state index contributed by atoms with van der Waals surface area (Å²) in [4.78, 5) is 0. The summed E-state index contributed by atoms with van der Waals surface area (Å²) in [5.74, 6) is 0.766. The maximum atomic E-state index is 3.55. The van der Waals surface area contributed by atoms with Gasteiger partial charge < -0.3 is 5.32 Å². The molecular weight excluding hydrogens is 254 g/mol. The average molecular weight is 279 g/mol. The van der Waals surface area contributed by atoms with Crippen molar-refractivity contribution in [3.63, 3.8) is 0 Å². The Morgan fingerprint density at radius 2 is 1.76 bits per heavy atom. The number of aryl methyl sites for hydroxylation is 2. The molecule has 1 atom stereocenters. The van der Waals surface area contributed by atoms with E-state index >= 15 is 0 Å². The standard InChI is InChI=1S/C20H25N/c1-14-11-12-15(2)19(13-14)20(21-3)18-10-5-4-9-17(18)16-7-6-8-16/h4-5,9-13,16,20-21H,6-8H2,1-3H3. The van der Waals surface area contributed by atoms with E-state index in [1.807, 2.05) is 0 Å². The van der Waals surface area contributed by atoms with Crippen molar-refractivity contribution in [2.24, 2.45) is 0 Å². The molecule has 0 bridgehead atoms. The van der Waals surface area contributed by atoms with E-state index in [0.717, 1.165) is 5.92 Å². The molecule has 1 nitrogen and oxygen atoms in total. The smallest absolute Gasteiger partial charge is 0.0579 e. The quantitative estimate of drug-likeness (QED) is 0.841. The van der Waals surface area contributed by atoms with Gasteiger partial charge in [0.2, 0.25) is 0 Å². The zero-order chi connectivity index (χ0) is 14.8. The summed E-state index contributed by atoms with van der Waals surface area (Å²) in [7, 11) is 2.07. The molecule has 0 radical (unpaired) electrons. The molecule has 0 heterocycles. The SMILES string of the molecule is CNC(c1cc(C)ccc1C)c1ccccc1C1CCC1. The summed E-state index contributed by atoms with van der Waals surface area (Å²) in [6.45, 7) is 4.39. The van der Waals surface area contributed by atoms with Crippen molar-refractivity contribution in [2.45, 2.75) is 45.1 Å². The van der Waals surface area contributed by atoms with Crippen molar-refractivity contribution >= 4 is 0 Å². The number of hydrogen-bond acceptors (Lipinski definition) is 1. The molecule has 2 aromatic rings. The summed E-state index contributed by atoms with van der Waals surface area (Å²) < 4.78 is 0. The normalized spacial score (nSPS) is 16.5. The van der Waals surface area contributed by atoms with Crippen molar-refractivity contribution in [1.29, 1.82) is 0 Å². The first-order valence-corrected chi connectivity index (χ1v) is 8.04. The average Bonchev–Trinajstić information content (AvgIpc) is 2.43. The lowest BCUT2D eigenvalue weighted by atomic mass is 9.76. The maximum absolute atomic E-state index is 3.55. The third-order valence-corrected chi connectivity index (χ3v) is 4.89. The molecule has 1 heteroatoms.